The Bertz CT molecular complexity index is 627. The minimum absolute atomic E-state index is 0. The standard InChI is InChI=1S/C13H14F3N3O4.ClH/c14-13(15,16)8-1-2-9(10(3-8)19(22)23)12(21)18-5-7-4-17-6-11(7)20;/h1-3,7,11,17,20H,4-6H2,(H,18,21);1H. The molecule has 1 saturated heterocycles. The number of halogens is 4. The van der Waals surface area contributed by atoms with Gasteiger partial charge in [-0.1, -0.05) is 0 Å². The van der Waals surface area contributed by atoms with E-state index >= 15 is 0 Å². The van der Waals surface area contributed by atoms with Gasteiger partial charge in [0.05, 0.1) is 16.6 Å². The number of rotatable bonds is 4. The molecule has 0 radical (unpaired) electrons. The number of amides is 1. The van der Waals surface area contributed by atoms with Gasteiger partial charge in [0, 0.05) is 31.6 Å². The van der Waals surface area contributed by atoms with Gasteiger partial charge in [0.25, 0.3) is 11.6 Å². The van der Waals surface area contributed by atoms with Crippen LogP contribution in [0.3, 0.4) is 0 Å². The smallest absolute Gasteiger partial charge is 0.391 e. The molecule has 1 amide bonds. The minimum Gasteiger partial charge on any atom is -0.391 e. The molecule has 2 rings (SSSR count). The Morgan fingerprint density at radius 3 is 2.58 bits per heavy atom. The van der Waals surface area contributed by atoms with Crippen LogP contribution in [0, 0.1) is 16.0 Å². The van der Waals surface area contributed by atoms with Crippen molar-refractivity contribution in [2.75, 3.05) is 19.6 Å². The molecule has 0 spiro atoms. The van der Waals surface area contributed by atoms with E-state index in [0.29, 0.717) is 25.2 Å². The van der Waals surface area contributed by atoms with E-state index in [1.165, 1.54) is 0 Å². The van der Waals surface area contributed by atoms with Gasteiger partial charge in [-0.15, -0.1) is 12.4 Å². The van der Waals surface area contributed by atoms with Crippen LogP contribution in [-0.4, -0.2) is 41.7 Å². The first kappa shape index (κ1) is 20.1. The lowest BCUT2D eigenvalue weighted by Gasteiger charge is -2.14. The molecule has 7 nitrogen and oxygen atoms in total. The number of nitro benzene ring substituents is 1. The lowest BCUT2D eigenvalue weighted by molar-refractivity contribution is -0.385. The summed E-state index contributed by atoms with van der Waals surface area (Å²) in [7, 11) is 0. The summed E-state index contributed by atoms with van der Waals surface area (Å²) < 4.78 is 37.8. The highest BCUT2D eigenvalue weighted by Gasteiger charge is 2.34. The Kier molecular flexibility index (Phi) is 6.52. The predicted octanol–water partition coefficient (Wildman–Crippen LogP) is 1.35. The quantitative estimate of drug-likeness (QED) is 0.549. The first-order valence-electron chi connectivity index (χ1n) is 6.72. The maximum absolute atomic E-state index is 12.6. The molecule has 1 aliphatic heterocycles. The molecule has 0 aromatic heterocycles. The number of nitro groups is 1. The van der Waals surface area contributed by atoms with Crippen molar-refractivity contribution in [1.29, 1.82) is 0 Å². The third-order valence-corrected chi connectivity index (χ3v) is 3.60. The first-order chi connectivity index (χ1) is 10.7. The topological polar surface area (TPSA) is 104 Å². The molecule has 1 heterocycles. The van der Waals surface area contributed by atoms with E-state index < -0.39 is 39.9 Å². The van der Waals surface area contributed by atoms with E-state index in [9.17, 15) is 33.2 Å². The van der Waals surface area contributed by atoms with Crippen LogP contribution in [0.4, 0.5) is 18.9 Å². The second-order valence-electron chi connectivity index (χ2n) is 5.18. The Labute approximate surface area is 140 Å². The Morgan fingerprint density at radius 1 is 1.42 bits per heavy atom. The molecular formula is C13H15ClF3N3O4. The number of nitrogens with zero attached hydrogens (tertiary/aromatic N) is 1. The zero-order valence-corrected chi connectivity index (χ0v) is 13.0. The van der Waals surface area contributed by atoms with Crippen molar-refractivity contribution >= 4 is 24.0 Å². The molecule has 1 aliphatic rings. The normalized spacial score (nSPS) is 20.3. The van der Waals surface area contributed by atoms with Crippen molar-refractivity contribution < 1.29 is 28.0 Å². The molecule has 2 unspecified atom stereocenters. The zero-order valence-electron chi connectivity index (χ0n) is 12.2. The van der Waals surface area contributed by atoms with Crippen molar-refractivity contribution in [3.05, 3.63) is 39.4 Å². The van der Waals surface area contributed by atoms with Gasteiger partial charge < -0.3 is 15.7 Å². The number of aliphatic hydroxyl groups is 1. The lowest BCUT2D eigenvalue weighted by atomic mass is 10.1. The number of aliphatic hydroxyl groups excluding tert-OH is 1. The summed E-state index contributed by atoms with van der Waals surface area (Å²) in [5.74, 6) is -1.11. The van der Waals surface area contributed by atoms with Crippen molar-refractivity contribution in [1.82, 2.24) is 10.6 Å². The van der Waals surface area contributed by atoms with Gasteiger partial charge in [0.2, 0.25) is 0 Å². The molecule has 24 heavy (non-hydrogen) atoms. The largest absolute Gasteiger partial charge is 0.416 e. The van der Waals surface area contributed by atoms with Crippen LogP contribution in [0.15, 0.2) is 18.2 Å². The van der Waals surface area contributed by atoms with Crippen LogP contribution in [0.25, 0.3) is 0 Å². The summed E-state index contributed by atoms with van der Waals surface area (Å²) in [6.45, 7) is 0.905. The lowest BCUT2D eigenvalue weighted by Crippen LogP contribution is -2.34. The van der Waals surface area contributed by atoms with Crippen molar-refractivity contribution in [2.24, 2.45) is 5.92 Å². The number of benzene rings is 1. The number of hydrogen-bond donors (Lipinski definition) is 3. The molecule has 3 N–H and O–H groups in total. The maximum Gasteiger partial charge on any atom is 0.416 e. The molecule has 1 fully saturated rings. The second-order valence-corrected chi connectivity index (χ2v) is 5.18. The highest BCUT2D eigenvalue weighted by molar-refractivity contribution is 5.98. The van der Waals surface area contributed by atoms with Gasteiger partial charge >= 0.3 is 6.18 Å². The highest BCUT2D eigenvalue weighted by atomic mass is 35.5. The van der Waals surface area contributed by atoms with Crippen LogP contribution in [-0.2, 0) is 6.18 Å². The van der Waals surface area contributed by atoms with Crippen LogP contribution in [0.2, 0.25) is 0 Å². The fourth-order valence-electron chi connectivity index (χ4n) is 2.30. The molecule has 0 saturated carbocycles. The average Bonchev–Trinajstić information content (AvgIpc) is 2.88. The van der Waals surface area contributed by atoms with Crippen LogP contribution in [0.5, 0.6) is 0 Å². The number of nitrogens with one attached hydrogen (secondary N) is 2. The summed E-state index contributed by atoms with van der Waals surface area (Å²) in [5, 5.41) is 25.8. The van der Waals surface area contributed by atoms with Gasteiger partial charge in [0.1, 0.15) is 5.56 Å². The first-order valence-corrected chi connectivity index (χ1v) is 6.72. The van der Waals surface area contributed by atoms with Gasteiger partial charge in [0.15, 0.2) is 0 Å². The summed E-state index contributed by atoms with van der Waals surface area (Å²) >= 11 is 0. The summed E-state index contributed by atoms with van der Waals surface area (Å²) in [5.41, 5.74) is -2.57. The van der Waals surface area contributed by atoms with E-state index in [1.807, 2.05) is 0 Å². The zero-order chi connectivity index (χ0) is 17.2. The molecule has 2 atom stereocenters. The minimum atomic E-state index is -4.74. The van der Waals surface area contributed by atoms with Gasteiger partial charge in [-0.25, -0.2) is 0 Å². The molecule has 1 aromatic carbocycles. The molecule has 1 aromatic rings. The number of β-amino-alcohol motifs (C(OH)–C–C–N with tert-alkyl or cyclic N) is 1. The van der Waals surface area contributed by atoms with Gasteiger partial charge in [-0.2, -0.15) is 13.2 Å². The van der Waals surface area contributed by atoms with E-state index in [0.717, 1.165) is 6.07 Å². The van der Waals surface area contributed by atoms with Gasteiger partial charge in [-0.05, 0) is 12.1 Å². The molecule has 134 valence electrons. The number of carbonyl (C=O) groups is 1. The third kappa shape index (κ3) is 4.56. The Hall–Kier alpha value is -1.91. The van der Waals surface area contributed by atoms with Gasteiger partial charge in [-0.3, -0.25) is 14.9 Å². The van der Waals surface area contributed by atoms with Crippen LogP contribution >= 0.6 is 12.4 Å². The van der Waals surface area contributed by atoms with Crippen molar-refractivity contribution in [2.45, 2.75) is 12.3 Å². The summed E-state index contributed by atoms with van der Waals surface area (Å²) in [4.78, 5) is 21.9. The fourth-order valence-corrected chi connectivity index (χ4v) is 2.30. The highest BCUT2D eigenvalue weighted by Crippen LogP contribution is 2.33. The van der Waals surface area contributed by atoms with E-state index in [2.05, 4.69) is 10.6 Å². The average molecular weight is 370 g/mol. The summed E-state index contributed by atoms with van der Waals surface area (Å²) in [6, 6.07) is 1.73. The third-order valence-electron chi connectivity index (χ3n) is 3.60. The number of alkyl halides is 3. The number of carbonyl (C=O) groups excluding carboxylic acids is 1. The Morgan fingerprint density at radius 2 is 2.08 bits per heavy atom. The van der Waals surface area contributed by atoms with E-state index in [4.69, 9.17) is 0 Å². The second kappa shape index (κ2) is 7.77. The monoisotopic (exact) mass is 369 g/mol. The maximum atomic E-state index is 12.6. The van der Waals surface area contributed by atoms with Crippen LogP contribution in [0.1, 0.15) is 15.9 Å². The molecular weight excluding hydrogens is 355 g/mol. The number of hydrogen-bond acceptors (Lipinski definition) is 5. The van der Waals surface area contributed by atoms with E-state index in [1.54, 1.807) is 0 Å². The predicted molar refractivity (Wildman–Crippen MR) is 80.0 cm³/mol. The Balaban J connectivity index is 0.00000288. The molecule has 0 bridgehead atoms. The van der Waals surface area contributed by atoms with Crippen LogP contribution < -0.4 is 10.6 Å². The van der Waals surface area contributed by atoms with Crippen molar-refractivity contribution in [3.63, 3.8) is 0 Å². The summed E-state index contributed by atoms with van der Waals surface area (Å²) in [6.07, 6.45) is -5.39. The van der Waals surface area contributed by atoms with E-state index in [-0.39, 0.29) is 24.9 Å². The SMILES string of the molecule is Cl.O=C(NCC1CNCC1O)c1ccc(C(F)(F)F)cc1[N+](=O)[O-]. The van der Waals surface area contributed by atoms with Crippen molar-refractivity contribution in [3.8, 4) is 0 Å². The fraction of sp³-hybridized carbons (Fsp3) is 0.462. The molecule has 11 heteroatoms. The molecule has 0 aliphatic carbocycles.